The molecule has 17 heavy (non-hydrogen) atoms. The number of phosphoric ester groups is 1. The number of phosphoric acid groups is 1. The van der Waals surface area contributed by atoms with Gasteiger partial charge in [-0.15, -0.1) is 0 Å². The smallest absolute Gasteiger partial charge is 0.449 e. The first-order chi connectivity index (χ1) is 7.82. The summed E-state index contributed by atoms with van der Waals surface area (Å²) in [5.41, 5.74) is 0. The van der Waals surface area contributed by atoms with Crippen molar-refractivity contribution < 1.29 is 43.0 Å². The molecular formula is C7H11O9P. The fraction of sp³-hybridized carbons (Fsp3) is 0.714. The third-order valence-corrected chi connectivity index (χ3v) is 2.94. The molecule has 9 nitrogen and oxygen atoms in total. The van der Waals surface area contributed by atoms with Crippen molar-refractivity contribution in [3.05, 3.63) is 0 Å². The zero-order valence-electron chi connectivity index (χ0n) is 8.68. The lowest BCUT2D eigenvalue weighted by atomic mass is 10.1. The molecule has 1 rings (SSSR count). The summed E-state index contributed by atoms with van der Waals surface area (Å²) in [6.45, 7) is -0.808. The van der Waals surface area contributed by atoms with Gasteiger partial charge < -0.3 is 19.8 Å². The van der Waals surface area contributed by atoms with Crippen LogP contribution in [0.5, 0.6) is 0 Å². The molecule has 0 aromatic carbocycles. The van der Waals surface area contributed by atoms with E-state index in [1.165, 1.54) is 0 Å². The van der Waals surface area contributed by atoms with Crippen LogP contribution in [0.3, 0.4) is 0 Å². The Kier molecular flexibility index (Phi) is 4.36. The lowest BCUT2D eigenvalue weighted by molar-refractivity contribution is -0.151. The fourth-order valence-corrected chi connectivity index (χ4v) is 1.69. The number of ether oxygens (including phenoxy) is 1. The average Bonchev–Trinajstić information content (AvgIpc) is 2.56. The second kappa shape index (κ2) is 5.21. The minimum absolute atomic E-state index is 0.808. The molecule has 0 amide bonds. The topological polar surface area (TPSA) is 140 Å². The van der Waals surface area contributed by atoms with Crippen LogP contribution in [0.2, 0.25) is 0 Å². The number of esters is 1. The molecule has 4 atom stereocenters. The number of hydrogen-bond acceptors (Lipinski definition) is 8. The Labute approximate surface area is 95.5 Å². The largest absolute Gasteiger partial charge is 0.473 e. The van der Waals surface area contributed by atoms with Gasteiger partial charge in [-0.25, -0.2) is 9.36 Å². The summed E-state index contributed by atoms with van der Waals surface area (Å²) in [6.07, 6.45) is -5.17. The van der Waals surface area contributed by atoms with Crippen molar-refractivity contribution in [3.8, 4) is 0 Å². The molecule has 1 aliphatic heterocycles. The van der Waals surface area contributed by atoms with Crippen molar-refractivity contribution in [2.75, 3.05) is 13.7 Å². The molecule has 0 saturated carbocycles. The number of carbonyl (C=O) groups is 2. The Morgan fingerprint density at radius 1 is 1.53 bits per heavy atom. The molecule has 0 aromatic rings. The third kappa shape index (κ3) is 3.09. The number of hydrogen-bond donors (Lipinski definition) is 3. The molecule has 0 aromatic heterocycles. The van der Waals surface area contributed by atoms with Gasteiger partial charge in [0.25, 0.3) is 0 Å². The summed E-state index contributed by atoms with van der Waals surface area (Å²) in [4.78, 5) is 31.6. The number of aliphatic hydroxyl groups excluding tert-OH is 2. The van der Waals surface area contributed by atoms with Gasteiger partial charge in [0.15, 0.2) is 6.10 Å². The van der Waals surface area contributed by atoms with Crippen molar-refractivity contribution in [1.82, 2.24) is 0 Å². The Morgan fingerprint density at radius 3 is 2.59 bits per heavy atom. The summed E-state index contributed by atoms with van der Waals surface area (Å²) >= 11 is 0. The quantitative estimate of drug-likeness (QED) is 0.293. The Morgan fingerprint density at radius 2 is 2.12 bits per heavy atom. The lowest BCUT2D eigenvalue weighted by Gasteiger charge is -2.13. The highest BCUT2D eigenvalue weighted by Gasteiger charge is 2.50. The van der Waals surface area contributed by atoms with Gasteiger partial charge in [0.05, 0.1) is 6.61 Å². The normalized spacial score (nSPS) is 29.9. The molecule has 0 radical (unpaired) electrons. The summed E-state index contributed by atoms with van der Waals surface area (Å²) < 4.78 is 23.7. The van der Waals surface area contributed by atoms with Gasteiger partial charge in [0, 0.05) is 7.11 Å². The van der Waals surface area contributed by atoms with E-state index in [4.69, 9.17) is 15.1 Å². The summed E-state index contributed by atoms with van der Waals surface area (Å²) in [6, 6.07) is 0. The van der Waals surface area contributed by atoms with Gasteiger partial charge in [-0.3, -0.25) is 13.8 Å². The van der Waals surface area contributed by atoms with E-state index in [-0.39, 0.29) is 0 Å². The molecule has 0 bridgehead atoms. The third-order valence-electron chi connectivity index (χ3n) is 2.00. The first-order valence-electron chi connectivity index (χ1n) is 4.42. The number of cyclic esters (lactones) is 1. The van der Waals surface area contributed by atoms with Gasteiger partial charge in [-0.2, -0.15) is 0 Å². The number of Topliss-reactive ketones (excluding diaryl/α,β-unsaturated/α-hetero) is 1. The maximum Gasteiger partial charge on any atom is 0.473 e. The van der Waals surface area contributed by atoms with Crippen LogP contribution in [-0.2, 0) is 27.9 Å². The molecule has 4 unspecified atom stereocenters. The Balaban J connectivity index is 2.80. The van der Waals surface area contributed by atoms with Crippen LogP contribution in [-0.4, -0.2) is 58.9 Å². The van der Waals surface area contributed by atoms with E-state index in [1.807, 2.05) is 0 Å². The van der Waals surface area contributed by atoms with Crippen molar-refractivity contribution >= 4 is 19.6 Å². The SMILES string of the molecule is COP(=O)(O)OC1C(=O)OC(C(O)CO)C1=O. The fourth-order valence-electron chi connectivity index (χ4n) is 1.15. The summed E-state index contributed by atoms with van der Waals surface area (Å²) in [5, 5.41) is 17.8. The van der Waals surface area contributed by atoms with E-state index < -0.39 is 44.5 Å². The average molecular weight is 270 g/mol. The second-order valence-electron chi connectivity index (χ2n) is 3.15. The predicted molar refractivity (Wildman–Crippen MR) is 49.7 cm³/mol. The van der Waals surface area contributed by atoms with Crippen molar-refractivity contribution in [3.63, 3.8) is 0 Å². The van der Waals surface area contributed by atoms with Crippen LogP contribution in [0.15, 0.2) is 0 Å². The zero-order chi connectivity index (χ0) is 13.2. The highest BCUT2D eigenvalue weighted by Crippen LogP contribution is 2.44. The monoisotopic (exact) mass is 270 g/mol. The van der Waals surface area contributed by atoms with Crippen molar-refractivity contribution in [1.29, 1.82) is 0 Å². The molecule has 3 N–H and O–H groups in total. The maximum atomic E-state index is 11.5. The van der Waals surface area contributed by atoms with Crippen molar-refractivity contribution in [2.45, 2.75) is 18.3 Å². The van der Waals surface area contributed by atoms with Crippen LogP contribution >= 0.6 is 7.82 Å². The van der Waals surface area contributed by atoms with E-state index in [0.29, 0.717) is 0 Å². The standard InChI is InChI=1S/C7H11O9P/c1-14-17(12,13)16-6-4(10)5(3(9)2-8)15-7(6)11/h3,5-6,8-9H,2H2,1H3,(H,12,13). The first kappa shape index (κ1) is 14.2. The van der Waals surface area contributed by atoms with Crippen LogP contribution in [0.1, 0.15) is 0 Å². The number of ketones is 1. The molecule has 1 fully saturated rings. The minimum Gasteiger partial charge on any atom is -0.449 e. The number of aliphatic hydroxyl groups is 2. The summed E-state index contributed by atoms with van der Waals surface area (Å²) in [5.74, 6) is -2.28. The van der Waals surface area contributed by atoms with Gasteiger partial charge in [-0.1, -0.05) is 0 Å². The highest BCUT2D eigenvalue weighted by atomic mass is 31.2. The predicted octanol–water partition coefficient (Wildman–Crippen LogP) is -2.03. The van der Waals surface area contributed by atoms with Gasteiger partial charge >= 0.3 is 13.8 Å². The van der Waals surface area contributed by atoms with E-state index in [2.05, 4.69) is 13.8 Å². The lowest BCUT2D eigenvalue weighted by Crippen LogP contribution is -2.37. The van der Waals surface area contributed by atoms with Crippen molar-refractivity contribution in [2.24, 2.45) is 0 Å². The molecule has 0 spiro atoms. The van der Waals surface area contributed by atoms with Gasteiger partial charge in [0.2, 0.25) is 11.9 Å². The minimum atomic E-state index is -4.53. The Bertz CT molecular complexity index is 366. The first-order valence-corrected chi connectivity index (χ1v) is 5.92. The van der Waals surface area contributed by atoms with E-state index in [9.17, 15) is 14.2 Å². The molecular weight excluding hydrogens is 259 g/mol. The van der Waals surface area contributed by atoms with Crippen LogP contribution in [0.4, 0.5) is 0 Å². The van der Waals surface area contributed by atoms with E-state index in [1.54, 1.807) is 0 Å². The molecule has 10 heteroatoms. The maximum absolute atomic E-state index is 11.5. The van der Waals surface area contributed by atoms with E-state index >= 15 is 0 Å². The molecule has 0 aliphatic carbocycles. The highest BCUT2D eigenvalue weighted by molar-refractivity contribution is 7.47. The van der Waals surface area contributed by atoms with Gasteiger partial charge in [0.1, 0.15) is 6.10 Å². The van der Waals surface area contributed by atoms with Crippen LogP contribution < -0.4 is 0 Å². The number of rotatable bonds is 5. The molecule has 1 aliphatic rings. The second-order valence-corrected chi connectivity index (χ2v) is 4.66. The number of carbonyl (C=O) groups excluding carboxylic acids is 2. The van der Waals surface area contributed by atoms with Crippen LogP contribution in [0.25, 0.3) is 0 Å². The van der Waals surface area contributed by atoms with Gasteiger partial charge in [-0.05, 0) is 0 Å². The molecule has 98 valence electrons. The summed E-state index contributed by atoms with van der Waals surface area (Å²) in [7, 11) is -3.68. The Hall–Kier alpha value is -0.830. The molecule has 1 saturated heterocycles. The zero-order valence-corrected chi connectivity index (χ0v) is 9.57. The van der Waals surface area contributed by atoms with Crippen LogP contribution in [0, 0.1) is 0 Å². The van der Waals surface area contributed by atoms with E-state index in [0.717, 1.165) is 7.11 Å². The molecule has 1 heterocycles.